The number of nitrogen functional groups attached to an aromatic ring is 1. The van der Waals surface area contributed by atoms with Crippen molar-refractivity contribution in [3.63, 3.8) is 0 Å². The average molecular weight is 327 g/mol. The Bertz CT molecular complexity index is 659. The maximum Gasteiger partial charge on any atom is 0.218 e. The fourth-order valence-electron chi connectivity index (χ4n) is 4.00. The Labute approximate surface area is 144 Å². The predicted octanol–water partition coefficient (Wildman–Crippen LogP) is 3.64. The minimum absolute atomic E-state index is 0.385. The van der Waals surface area contributed by atoms with Crippen molar-refractivity contribution in [1.29, 1.82) is 0 Å². The van der Waals surface area contributed by atoms with E-state index in [9.17, 15) is 0 Å². The van der Waals surface area contributed by atoms with Crippen molar-refractivity contribution in [2.45, 2.75) is 58.3 Å². The fraction of sp³-hybridized carbons (Fsp3) is 0.632. The van der Waals surface area contributed by atoms with Gasteiger partial charge in [-0.2, -0.15) is 10.1 Å². The molecule has 24 heavy (non-hydrogen) atoms. The van der Waals surface area contributed by atoms with Crippen LogP contribution in [0.25, 0.3) is 0 Å². The van der Waals surface area contributed by atoms with Crippen molar-refractivity contribution in [1.82, 2.24) is 19.7 Å². The number of aryl methyl sites for hydroxylation is 2. The second-order valence-electron chi connectivity index (χ2n) is 7.38. The van der Waals surface area contributed by atoms with E-state index in [4.69, 9.17) is 5.73 Å². The number of hydrogen-bond donors (Lipinski definition) is 1. The molecular weight excluding hydrogens is 298 g/mol. The largest absolute Gasteiger partial charge is 0.368 e. The number of anilines is 1. The second kappa shape index (κ2) is 7.32. The lowest BCUT2D eigenvalue weighted by Crippen LogP contribution is -2.12. The van der Waals surface area contributed by atoms with Gasteiger partial charge in [-0.05, 0) is 62.1 Å². The van der Waals surface area contributed by atoms with Gasteiger partial charge < -0.3 is 5.73 Å². The maximum absolute atomic E-state index is 5.84. The van der Waals surface area contributed by atoms with Gasteiger partial charge in [0.15, 0.2) is 5.82 Å². The van der Waals surface area contributed by atoms with E-state index >= 15 is 0 Å². The normalized spacial score (nSPS) is 23.0. The van der Waals surface area contributed by atoms with Gasteiger partial charge in [0.1, 0.15) is 0 Å². The van der Waals surface area contributed by atoms with Crippen molar-refractivity contribution in [2.75, 3.05) is 5.73 Å². The minimum Gasteiger partial charge on any atom is -0.368 e. The second-order valence-corrected chi connectivity index (χ2v) is 7.38. The third-order valence-corrected chi connectivity index (χ3v) is 5.55. The molecule has 130 valence electrons. The van der Waals surface area contributed by atoms with Crippen molar-refractivity contribution in [3.8, 4) is 0 Å². The Balaban J connectivity index is 1.60. The highest BCUT2D eigenvalue weighted by molar-refractivity contribution is 5.17. The van der Waals surface area contributed by atoms with Crippen LogP contribution in [-0.4, -0.2) is 19.7 Å². The van der Waals surface area contributed by atoms with E-state index in [0.29, 0.717) is 17.8 Å². The quantitative estimate of drug-likeness (QED) is 0.870. The van der Waals surface area contributed by atoms with Crippen molar-refractivity contribution >= 4 is 5.95 Å². The molecule has 0 aromatic carbocycles. The fourth-order valence-corrected chi connectivity index (χ4v) is 4.00. The molecule has 2 N–H and O–H groups in total. The summed E-state index contributed by atoms with van der Waals surface area (Å²) >= 11 is 0. The van der Waals surface area contributed by atoms with Gasteiger partial charge in [0, 0.05) is 24.9 Å². The van der Waals surface area contributed by atoms with Crippen LogP contribution in [0, 0.1) is 18.8 Å². The molecule has 3 unspecified atom stereocenters. The van der Waals surface area contributed by atoms with Gasteiger partial charge >= 0.3 is 0 Å². The Morgan fingerprint density at radius 2 is 2.12 bits per heavy atom. The summed E-state index contributed by atoms with van der Waals surface area (Å²) in [5.41, 5.74) is 8.39. The molecule has 0 bridgehead atoms. The topological polar surface area (TPSA) is 69.6 Å². The van der Waals surface area contributed by atoms with Crippen LogP contribution >= 0.6 is 0 Å². The van der Waals surface area contributed by atoms with Crippen LogP contribution in [0.2, 0.25) is 0 Å². The highest BCUT2D eigenvalue weighted by Gasteiger charge is 2.26. The monoisotopic (exact) mass is 327 g/mol. The Morgan fingerprint density at radius 3 is 2.83 bits per heavy atom. The number of nitrogens with zero attached hydrogens (tertiary/aromatic N) is 4. The van der Waals surface area contributed by atoms with E-state index in [1.165, 1.54) is 44.1 Å². The summed E-state index contributed by atoms with van der Waals surface area (Å²) in [7, 11) is 1.86. The van der Waals surface area contributed by atoms with E-state index in [-0.39, 0.29) is 0 Å². The molecule has 2 heterocycles. The standard InChI is InChI=1S/C19H29N5/c1-13-11-16(9-10-21-13)12-15-5-4-6-17(8-7-15)14(2)18-22-19(20)24(3)23-18/h9-11,14-15,17H,4-8,12H2,1-3H3,(H2,20,22,23). The van der Waals surface area contributed by atoms with E-state index in [1.54, 1.807) is 4.68 Å². The summed E-state index contributed by atoms with van der Waals surface area (Å²) < 4.78 is 1.68. The highest BCUT2D eigenvalue weighted by Crippen LogP contribution is 2.36. The van der Waals surface area contributed by atoms with Crippen molar-refractivity contribution < 1.29 is 0 Å². The molecule has 0 amide bonds. The van der Waals surface area contributed by atoms with E-state index in [1.807, 2.05) is 13.2 Å². The van der Waals surface area contributed by atoms with E-state index in [2.05, 4.69) is 41.0 Å². The first-order chi connectivity index (χ1) is 11.5. The smallest absolute Gasteiger partial charge is 0.218 e. The molecule has 0 radical (unpaired) electrons. The molecule has 0 saturated heterocycles. The highest BCUT2D eigenvalue weighted by atomic mass is 15.4. The zero-order chi connectivity index (χ0) is 17.1. The molecule has 5 nitrogen and oxygen atoms in total. The van der Waals surface area contributed by atoms with E-state index in [0.717, 1.165) is 17.4 Å². The lowest BCUT2D eigenvalue weighted by Gasteiger charge is -2.20. The summed E-state index contributed by atoms with van der Waals surface area (Å²) in [5, 5.41) is 4.49. The third-order valence-electron chi connectivity index (χ3n) is 5.55. The average Bonchev–Trinajstić information content (AvgIpc) is 2.74. The van der Waals surface area contributed by atoms with Gasteiger partial charge in [0.2, 0.25) is 5.95 Å². The molecule has 2 aromatic heterocycles. The molecule has 1 aliphatic carbocycles. The molecule has 5 heteroatoms. The predicted molar refractivity (Wildman–Crippen MR) is 96.6 cm³/mol. The van der Waals surface area contributed by atoms with Crippen molar-refractivity contribution in [3.05, 3.63) is 35.4 Å². The Morgan fingerprint density at radius 1 is 1.29 bits per heavy atom. The number of aromatic nitrogens is 4. The minimum atomic E-state index is 0.385. The summed E-state index contributed by atoms with van der Waals surface area (Å²) in [4.78, 5) is 8.74. The molecule has 3 rings (SSSR count). The SMILES string of the molecule is Cc1cc(CC2CCCC(C(C)c3nc(N)n(C)n3)CC2)ccn1. The van der Waals surface area contributed by atoms with Crippen LogP contribution in [-0.2, 0) is 13.5 Å². The Kier molecular flexibility index (Phi) is 5.17. The van der Waals surface area contributed by atoms with Crippen LogP contribution < -0.4 is 5.73 Å². The van der Waals surface area contributed by atoms with Crippen LogP contribution in [0.1, 0.15) is 62.0 Å². The summed E-state index contributed by atoms with van der Waals surface area (Å²) in [6.07, 6.45) is 9.55. The summed E-state index contributed by atoms with van der Waals surface area (Å²) in [5.74, 6) is 3.25. The first-order valence-electron chi connectivity index (χ1n) is 9.11. The zero-order valence-electron chi connectivity index (χ0n) is 15.1. The van der Waals surface area contributed by atoms with Gasteiger partial charge in [0.25, 0.3) is 0 Å². The molecule has 3 atom stereocenters. The summed E-state index contributed by atoms with van der Waals surface area (Å²) in [6.45, 7) is 4.33. The lowest BCUT2D eigenvalue weighted by atomic mass is 9.86. The van der Waals surface area contributed by atoms with Crippen LogP contribution in [0.4, 0.5) is 5.95 Å². The maximum atomic E-state index is 5.84. The lowest BCUT2D eigenvalue weighted by molar-refractivity contribution is 0.372. The van der Waals surface area contributed by atoms with Crippen LogP contribution in [0.5, 0.6) is 0 Å². The number of nitrogens with two attached hydrogens (primary N) is 1. The molecule has 0 spiro atoms. The number of pyridine rings is 1. The Hall–Kier alpha value is -1.91. The van der Waals surface area contributed by atoms with Gasteiger partial charge in [-0.1, -0.05) is 19.8 Å². The molecular formula is C19H29N5. The third kappa shape index (κ3) is 3.94. The van der Waals surface area contributed by atoms with Gasteiger partial charge in [-0.25, -0.2) is 4.68 Å². The van der Waals surface area contributed by atoms with Gasteiger partial charge in [-0.15, -0.1) is 0 Å². The van der Waals surface area contributed by atoms with Gasteiger partial charge in [0.05, 0.1) is 0 Å². The molecule has 1 aliphatic rings. The molecule has 1 saturated carbocycles. The zero-order valence-corrected chi connectivity index (χ0v) is 15.1. The van der Waals surface area contributed by atoms with Crippen LogP contribution in [0.3, 0.4) is 0 Å². The van der Waals surface area contributed by atoms with Crippen molar-refractivity contribution in [2.24, 2.45) is 18.9 Å². The molecule has 2 aromatic rings. The van der Waals surface area contributed by atoms with E-state index < -0.39 is 0 Å². The first-order valence-corrected chi connectivity index (χ1v) is 9.11. The van der Waals surface area contributed by atoms with Gasteiger partial charge in [-0.3, -0.25) is 4.98 Å². The summed E-state index contributed by atoms with van der Waals surface area (Å²) in [6, 6.07) is 4.39. The number of rotatable bonds is 4. The molecule has 1 fully saturated rings. The first kappa shape index (κ1) is 16.9. The van der Waals surface area contributed by atoms with Crippen LogP contribution in [0.15, 0.2) is 18.3 Å². The molecule has 0 aliphatic heterocycles. The number of hydrogen-bond acceptors (Lipinski definition) is 4.